The summed E-state index contributed by atoms with van der Waals surface area (Å²) in [6.07, 6.45) is 1.27. The summed E-state index contributed by atoms with van der Waals surface area (Å²) in [5.74, 6) is -0.0812. The maximum atomic E-state index is 11.9. The van der Waals surface area contributed by atoms with Gasteiger partial charge in [0.25, 0.3) is 0 Å². The Balaban J connectivity index is 1.65. The van der Waals surface area contributed by atoms with Crippen molar-refractivity contribution in [2.24, 2.45) is 0 Å². The summed E-state index contributed by atoms with van der Waals surface area (Å²) in [6, 6.07) is 12.7. The third-order valence-corrected chi connectivity index (χ3v) is 3.87. The summed E-state index contributed by atoms with van der Waals surface area (Å²) in [5, 5.41) is 7.74. The van der Waals surface area contributed by atoms with Crippen molar-refractivity contribution in [1.29, 1.82) is 0 Å². The van der Waals surface area contributed by atoms with E-state index < -0.39 is 0 Å². The summed E-state index contributed by atoms with van der Waals surface area (Å²) in [7, 11) is 0. The number of hydrogen-bond acceptors (Lipinski definition) is 2. The minimum absolute atomic E-state index is 0.0812. The first kappa shape index (κ1) is 18.1. The van der Waals surface area contributed by atoms with Gasteiger partial charge in [0.15, 0.2) is 0 Å². The normalized spacial score (nSPS) is 10.6. The van der Waals surface area contributed by atoms with Crippen molar-refractivity contribution in [2.75, 3.05) is 18.4 Å². The molecule has 0 saturated heterocycles. The zero-order chi connectivity index (χ0) is 16.7. The molecule has 0 fully saturated rings. The van der Waals surface area contributed by atoms with Crippen LogP contribution < -0.4 is 10.6 Å². The van der Waals surface area contributed by atoms with E-state index in [0.717, 1.165) is 18.0 Å². The molecule has 2 aromatic rings. The first-order chi connectivity index (χ1) is 11.0. The molecule has 2 rings (SSSR count). The second-order valence-electron chi connectivity index (χ2n) is 5.08. The molecule has 0 aliphatic rings. The average molecular weight is 372 g/mol. The number of rotatable bonds is 7. The number of anilines is 1. The molecule has 0 heterocycles. The minimum Gasteiger partial charge on any atom is -0.326 e. The zero-order valence-electron chi connectivity index (χ0n) is 12.4. The first-order valence-electron chi connectivity index (χ1n) is 7.24. The SMILES string of the molecule is O=C(CCNCCc1ccc(Cl)cc1)Nc1cc(Cl)cc(Cl)c1. The molecule has 0 unspecified atom stereocenters. The molecule has 6 heteroatoms. The predicted octanol–water partition coefficient (Wildman–Crippen LogP) is 4.81. The van der Waals surface area contributed by atoms with Crippen LogP contribution in [0.3, 0.4) is 0 Å². The van der Waals surface area contributed by atoms with Crippen molar-refractivity contribution < 1.29 is 4.79 Å². The Bertz CT molecular complexity index is 639. The van der Waals surface area contributed by atoms with Gasteiger partial charge in [-0.3, -0.25) is 4.79 Å². The van der Waals surface area contributed by atoms with Gasteiger partial charge in [0.1, 0.15) is 0 Å². The van der Waals surface area contributed by atoms with E-state index in [1.165, 1.54) is 5.56 Å². The van der Waals surface area contributed by atoms with Gasteiger partial charge in [-0.25, -0.2) is 0 Å². The Labute approximate surface area is 150 Å². The van der Waals surface area contributed by atoms with E-state index in [-0.39, 0.29) is 5.91 Å². The highest BCUT2D eigenvalue weighted by molar-refractivity contribution is 6.35. The summed E-state index contributed by atoms with van der Waals surface area (Å²) in [5.41, 5.74) is 1.81. The Hall–Kier alpha value is -1.26. The largest absolute Gasteiger partial charge is 0.326 e. The molecule has 0 atom stereocenters. The fourth-order valence-corrected chi connectivity index (χ4v) is 2.71. The Kier molecular flexibility index (Phi) is 7.18. The zero-order valence-corrected chi connectivity index (χ0v) is 14.7. The molecule has 0 aromatic heterocycles. The minimum atomic E-state index is -0.0812. The van der Waals surface area contributed by atoms with Crippen LogP contribution in [0.2, 0.25) is 15.1 Å². The van der Waals surface area contributed by atoms with Crippen molar-refractivity contribution in [3.63, 3.8) is 0 Å². The second-order valence-corrected chi connectivity index (χ2v) is 6.39. The summed E-state index contributed by atoms with van der Waals surface area (Å²) >= 11 is 17.6. The van der Waals surface area contributed by atoms with Gasteiger partial charge < -0.3 is 10.6 Å². The third kappa shape index (κ3) is 6.80. The number of benzene rings is 2. The lowest BCUT2D eigenvalue weighted by atomic mass is 10.1. The lowest BCUT2D eigenvalue weighted by Gasteiger charge is -2.07. The van der Waals surface area contributed by atoms with Crippen LogP contribution in [0, 0.1) is 0 Å². The first-order valence-corrected chi connectivity index (χ1v) is 8.37. The molecule has 0 aliphatic carbocycles. The van der Waals surface area contributed by atoms with Gasteiger partial charge in [-0.05, 0) is 48.9 Å². The molecule has 122 valence electrons. The van der Waals surface area contributed by atoms with Crippen LogP contribution in [0.15, 0.2) is 42.5 Å². The monoisotopic (exact) mass is 370 g/mol. The van der Waals surface area contributed by atoms with Gasteiger partial charge in [0.05, 0.1) is 0 Å². The van der Waals surface area contributed by atoms with Gasteiger partial charge in [-0.1, -0.05) is 46.9 Å². The molecule has 23 heavy (non-hydrogen) atoms. The van der Waals surface area contributed by atoms with Crippen LogP contribution in [-0.4, -0.2) is 19.0 Å². The van der Waals surface area contributed by atoms with E-state index >= 15 is 0 Å². The van der Waals surface area contributed by atoms with Crippen molar-refractivity contribution in [1.82, 2.24) is 5.32 Å². The van der Waals surface area contributed by atoms with Gasteiger partial charge in [-0.2, -0.15) is 0 Å². The molecule has 0 spiro atoms. The van der Waals surface area contributed by atoms with Crippen LogP contribution in [0.1, 0.15) is 12.0 Å². The van der Waals surface area contributed by atoms with Crippen molar-refractivity contribution in [2.45, 2.75) is 12.8 Å². The second kappa shape index (κ2) is 9.14. The number of amides is 1. The molecule has 2 aromatic carbocycles. The lowest BCUT2D eigenvalue weighted by molar-refractivity contribution is -0.116. The number of hydrogen-bond donors (Lipinski definition) is 2. The fraction of sp³-hybridized carbons (Fsp3) is 0.235. The van der Waals surface area contributed by atoms with E-state index in [9.17, 15) is 4.79 Å². The summed E-state index contributed by atoms with van der Waals surface area (Å²) < 4.78 is 0. The summed E-state index contributed by atoms with van der Waals surface area (Å²) in [4.78, 5) is 11.9. The highest BCUT2D eigenvalue weighted by atomic mass is 35.5. The standard InChI is InChI=1S/C17H17Cl3N2O/c18-13-3-1-12(2-4-13)5-7-21-8-6-17(23)22-16-10-14(19)9-15(20)11-16/h1-4,9-11,21H,5-8H2,(H,22,23). The Morgan fingerprint density at radius 1 is 0.870 bits per heavy atom. The topological polar surface area (TPSA) is 41.1 Å². The van der Waals surface area contributed by atoms with Gasteiger partial charge >= 0.3 is 0 Å². The summed E-state index contributed by atoms with van der Waals surface area (Å²) in [6.45, 7) is 1.41. The van der Waals surface area contributed by atoms with E-state index in [4.69, 9.17) is 34.8 Å². The maximum absolute atomic E-state index is 11.9. The van der Waals surface area contributed by atoms with Crippen molar-refractivity contribution in [3.8, 4) is 0 Å². The van der Waals surface area contributed by atoms with Crippen molar-refractivity contribution in [3.05, 3.63) is 63.1 Å². The van der Waals surface area contributed by atoms with Crippen LogP contribution in [0.25, 0.3) is 0 Å². The molecular formula is C17H17Cl3N2O. The predicted molar refractivity (Wildman–Crippen MR) is 97.7 cm³/mol. The lowest BCUT2D eigenvalue weighted by Crippen LogP contribution is -2.23. The quantitative estimate of drug-likeness (QED) is 0.686. The van der Waals surface area contributed by atoms with Crippen LogP contribution in [0.5, 0.6) is 0 Å². The molecule has 1 amide bonds. The average Bonchev–Trinajstić information content (AvgIpc) is 2.47. The van der Waals surface area contributed by atoms with Gasteiger partial charge in [-0.15, -0.1) is 0 Å². The highest BCUT2D eigenvalue weighted by Crippen LogP contribution is 2.22. The van der Waals surface area contributed by atoms with E-state index in [0.29, 0.717) is 28.7 Å². The number of halogens is 3. The molecule has 0 aliphatic heterocycles. The molecular weight excluding hydrogens is 355 g/mol. The number of carbonyl (C=O) groups excluding carboxylic acids is 1. The van der Waals surface area contributed by atoms with Gasteiger partial charge in [0.2, 0.25) is 5.91 Å². The smallest absolute Gasteiger partial charge is 0.225 e. The van der Waals surface area contributed by atoms with E-state index in [2.05, 4.69) is 10.6 Å². The number of carbonyl (C=O) groups is 1. The molecule has 3 nitrogen and oxygen atoms in total. The van der Waals surface area contributed by atoms with E-state index in [1.54, 1.807) is 18.2 Å². The highest BCUT2D eigenvalue weighted by Gasteiger charge is 2.04. The molecule has 0 bridgehead atoms. The number of nitrogens with one attached hydrogen (secondary N) is 2. The molecule has 0 saturated carbocycles. The van der Waals surface area contributed by atoms with Gasteiger partial charge in [0, 0.05) is 33.7 Å². The maximum Gasteiger partial charge on any atom is 0.225 e. The molecule has 2 N–H and O–H groups in total. The van der Waals surface area contributed by atoms with Crippen LogP contribution in [0.4, 0.5) is 5.69 Å². The molecule has 0 radical (unpaired) electrons. The van der Waals surface area contributed by atoms with Crippen molar-refractivity contribution >= 4 is 46.4 Å². The van der Waals surface area contributed by atoms with E-state index in [1.807, 2.05) is 24.3 Å². The third-order valence-electron chi connectivity index (χ3n) is 3.18. The Morgan fingerprint density at radius 2 is 1.52 bits per heavy atom. The van der Waals surface area contributed by atoms with Crippen LogP contribution >= 0.6 is 34.8 Å². The van der Waals surface area contributed by atoms with Crippen LogP contribution in [-0.2, 0) is 11.2 Å². The fourth-order valence-electron chi connectivity index (χ4n) is 2.06. The Morgan fingerprint density at radius 3 is 2.17 bits per heavy atom.